The Morgan fingerprint density at radius 2 is 1.97 bits per heavy atom. The Morgan fingerprint density at radius 1 is 1.10 bits per heavy atom. The summed E-state index contributed by atoms with van der Waals surface area (Å²) in [6.45, 7) is 1.89. The number of ether oxygens (including phenoxy) is 1. The third kappa shape index (κ3) is 4.14. The molecular formula is C23H23ClN6O. The Balaban J connectivity index is 1.32. The van der Waals surface area contributed by atoms with Gasteiger partial charge in [0, 0.05) is 42.8 Å². The highest BCUT2D eigenvalue weighted by molar-refractivity contribution is 6.29. The molecule has 0 spiro atoms. The third-order valence-electron chi connectivity index (χ3n) is 5.65. The van der Waals surface area contributed by atoms with E-state index in [4.69, 9.17) is 21.3 Å². The van der Waals surface area contributed by atoms with Gasteiger partial charge in [-0.1, -0.05) is 23.7 Å². The molecular weight excluding hydrogens is 412 g/mol. The van der Waals surface area contributed by atoms with Crippen molar-refractivity contribution >= 4 is 28.9 Å². The van der Waals surface area contributed by atoms with Crippen molar-refractivity contribution in [2.24, 2.45) is 0 Å². The number of benzene rings is 1. The van der Waals surface area contributed by atoms with Crippen LogP contribution in [0.4, 0.5) is 11.6 Å². The molecule has 158 valence electrons. The SMILES string of the molecule is COc1cccc(-c2cccn3nc(NC4CCN(c5ccnc(Cl)c5)CC4)nc23)c1. The minimum atomic E-state index is 0.325. The molecule has 0 aliphatic carbocycles. The Labute approximate surface area is 185 Å². The first-order valence-corrected chi connectivity index (χ1v) is 10.7. The van der Waals surface area contributed by atoms with Gasteiger partial charge in [0.2, 0.25) is 5.95 Å². The summed E-state index contributed by atoms with van der Waals surface area (Å²) in [5, 5.41) is 8.70. The zero-order valence-electron chi connectivity index (χ0n) is 17.2. The van der Waals surface area contributed by atoms with Crippen molar-refractivity contribution in [1.29, 1.82) is 0 Å². The fourth-order valence-corrected chi connectivity index (χ4v) is 4.20. The van der Waals surface area contributed by atoms with Crippen LogP contribution in [-0.2, 0) is 0 Å². The number of aromatic nitrogens is 4. The average molecular weight is 435 g/mol. The van der Waals surface area contributed by atoms with Crippen molar-refractivity contribution in [3.05, 3.63) is 66.1 Å². The number of methoxy groups -OCH3 is 1. The molecule has 0 atom stereocenters. The van der Waals surface area contributed by atoms with Gasteiger partial charge in [0.25, 0.3) is 0 Å². The molecule has 8 heteroatoms. The predicted molar refractivity (Wildman–Crippen MR) is 123 cm³/mol. The fraction of sp³-hybridized carbons (Fsp3) is 0.261. The summed E-state index contributed by atoms with van der Waals surface area (Å²) in [6, 6.07) is 16.3. The maximum absolute atomic E-state index is 6.04. The molecule has 31 heavy (non-hydrogen) atoms. The second-order valence-corrected chi connectivity index (χ2v) is 7.99. The number of hydrogen-bond donors (Lipinski definition) is 1. The highest BCUT2D eigenvalue weighted by atomic mass is 35.5. The molecule has 1 N–H and O–H groups in total. The van der Waals surface area contributed by atoms with Crippen molar-refractivity contribution in [2.45, 2.75) is 18.9 Å². The molecule has 7 nitrogen and oxygen atoms in total. The predicted octanol–water partition coefficient (Wildman–Crippen LogP) is 4.53. The third-order valence-corrected chi connectivity index (χ3v) is 5.85. The Hall–Kier alpha value is -3.32. The maximum Gasteiger partial charge on any atom is 0.243 e. The zero-order valence-corrected chi connectivity index (χ0v) is 18.0. The van der Waals surface area contributed by atoms with Gasteiger partial charge in [0.1, 0.15) is 10.9 Å². The molecule has 0 saturated carbocycles. The molecule has 1 aliphatic rings. The van der Waals surface area contributed by atoms with E-state index in [2.05, 4.69) is 32.4 Å². The van der Waals surface area contributed by atoms with Gasteiger partial charge in [-0.05, 0) is 54.8 Å². The van der Waals surface area contributed by atoms with Crippen LogP contribution in [0.15, 0.2) is 60.9 Å². The largest absolute Gasteiger partial charge is 0.497 e. The number of nitrogens with zero attached hydrogens (tertiary/aromatic N) is 5. The van der Waals surface area contributed by atoms with E-state index in [1.807, 2.05) is 47.1 Å². The Bertz CT molecular complexity index is 1200. The van der Waals surface area contributed by atoms with E-state index in [0.29, 0.717) is 17.1 Å². The van der Waals surface area contributed by atoms with Crippen LogP contribution in [0.25, 0.3) is 16.8 Å². The van der Waals surface area contributed by atoms with Crippen LogP contribution in [-0.4, -0.2) is 45.8 Å². The monoisotopic (exact) mass is 434 g/mol. The van der Waals surface area contributed by atoms with E-state index in [0.717, 1.165) is 54.1 Å². The summed E-state index contributed by atoms with van der Waals surface area (Å²) < 4.78 is 7.20. The van der Waals surface area contributed by atoms with Gasteiger partial charge in [-0.3, -0.25) is 0 Å². The minimum absolute atomic E-state index is 0.325. The van der Waals surface area contributed by atoms with E-state index >= 15 is 0 Å². The Morgan fingerprint density at radius 3 is 2.77 bits per heavy atom. The molecule has 1 aromatic carbocycles. The van der Waals surface area contributed by atoms with Crippen LogP contribution in [0, 0.1) is 0 Å². The van der Waals surface area contributed by atoms with Crippen molar-refractivity contribution in [1.82, 2.24) is 19.6 Å². The highest BCUT2D eigenvalue weighted by Crippen LogP contribution is 2.28. The first kappa shape index (κ1) is 19.6. The number of hydrogen-bond acceptors (Lipinski definition) is 6. The lowest BCUT2D eigenvalue weighted by molar-refractivity contribution is 0.415. The van der Waals surface area contributed by atoms with Crippen molar-refractivity contribution < 1.29 is 4.74 Å². The van der Waals surface area contributed by atoms with E-state index < -0.39 is 0 Å². The van der Waals surface area contributed by atoms with Gasteiger partial charge in [0.15, 0.2) is 5.65 Å². The Kier molecular flexibility index (Phi) is 5.34. The van der Waals surface area contributed by atoms with Crippen molar-refractivity contribution in [3.63, 3.8) is 0 Å². The molecule has 1 saturated heterocycles. The number of fused-ring (bicyclic) bond motifs is 1. The molecule has 0 unspecified atom stereocenters. The quantitative estimate of drug-likeness (QED) is 0.465. The van der Waals surface area contributed by atoms with E-state index in [1.54, 1.807) is 13.3 Å². The van der Waals surface area contributed by atoms with Crippen LogP contribution < -0.4 is 15.0 Å². The zero-order chi connectivity index (χ0) is 21.2. The van der Waals surface area contributed by atoms with Crippen molar-refractivity contribution in [2.75, 3.05) is 30.4 Å². The maximum atomic E-state index is 6.04. The van der Waals surface area contributed by atoms with Crippen LogP contribution in [0.2, 0.25) is 5.15 Å². The van der Waals surface area contributed by atoms with Gasteiger partial charge >= 0.3 is 0 Å². The molecule has 0 bridgehead atoms. The number of nitrogens with one attached hydrogen (secondary N) is 1. The molecule has 4 aromatic rings. The highest BCUT2D eigenvalue weighted by Gasteiger charge is 2.21. The molecule has 3 aromatic heterocycles. The lowest BCUT2D eigenvalue weighted by Gasteiger charge is -2.33. The van der Waals surface area contributed by atoms with Gasteiger partial charge in [-0.15, -0.1) is 5.10 Å². The first-order chi connectivity index (χ1) is 15.2. The summed E-state index contributed by atoms with van der Waals surface area (Å²) in [6.07, 6.45) is 5.67. The molecule has 0 amide bonds. The van der Waals surface area contributed by atoms with E-state index in [1.165, 1.54) is 0 Å². The summed E-state index contributed by atoms with van der Waals surface area (Å²) in [5.74, 6) is 1.47. The van der Waals surface area contributed by atoms with E-state index in [9.17, 15) is 0 Å². The van der Waals surface area contributed by atoms with Crippen LogP contribution >= 0.6 is 11.6 Å². The number of piperidine rings is 1. The average Bonchev–Trinajstić information content (AvgIpc) is 3.22. The van der Waals surface area contributed by atoms with Gasteiger partial charge < -0.3 is 15.0 Å². The van der Waals surface area contributed by atoms with Gasteiger partial charge in [-0.2, -0.15) is 4.98 Å². The number of halogens is 1. The first-order valence-electron chi connectivity index (χ1n) is 10.3. The topological polar surface area (TPSA) is 67.6 Å². The molecule has 0 radical (unpaired) electrons. The lowest BCUT2D eigenvalue weighted by atomic mass is 10.0. The standard InChI is InChI=1S/C23H23ClN6O/c1-31-19-5-2-4-16(14-19)20-6-3-11-30-22(20)27-23(28-30)26-17-8-12-29(13-9-17)18-7-10-25-21(24)15-18/h2-7,10-11,14-15,17H,8-9,12-13H2,1H3,(H,26,28). The second kappa shape index (κ2) is 8.43. The van der Waals surface area contributed by atoms with Gasteiger partial charge in [0.05, 0.1) is 7.11 Å². The summed E-state index contributed by atoms with van der Waals surface area (Å²) in [5.41, 5.74) is 4.01. The minimum Gasteiger partial charge on any atom is -0.497 e. The summed E-state index contributed by atoms with van der Waals surface area (Å²) in [4.78, 5) is 11.2. The molecule has 1 fully saturated rings. The van der Waals surface area contributed by atoms with Crippen LogP contribution in [0.3, 0.4) is 0 Å². The smallest absolute Gasteiger partial charge is 0.243 e. The normalized spacial score (nSPS) is 14.7. The fourth-order valence-electron chi connectivity index (χ4n) is 4.04. The molecule has 1 aliphatic heterocycles. The molecule has 4 heterocycles. The summed E-state index contributed by atoms with van der Waals surface area (Å²) >= 11 is 6.04. The van der Waals surface area contributed by atoms with Gasteiger partial charge in [-0.25, -0.2) is 9.50 Å². The number of anilines is 2. The number of rotatable bonds is 5. The van der Waals surface area contributed by atoms with Crippen molar-refractivity contribution in [3.8, 4) is 16.9 Å². The number of pyridine rings is 2. The second-order valence-electron chi connectivity index (χ2n) is 7.60. The van der Waals surface area contributed by atoms with Crippen LogP contribution in [0.1, 0.15) is 12.8 Å². The molecule has 5 rings (SSSR count). The lowest BCUT2D eigenvalue weighted by Crippen LogP contribution is -2.39. The van der Waals surface area contributed by atoms with E-state index in [-0.39, 0.29) is 0 Å². The van der Waals surface area contributed by atoms with Crippen LogP contribution in [0.5, 0.6) is 5.75 Å². The summed E-state index contributed by atoms with van der Waals surface area (Å²) in [7, 11) is 1.67.